The first-order valence-electron chi connectivity index (χ1n) is 7.48. The Morgan fingerprint density at radius 1 is 1.27 bits per heavy atom. The summed E-state index contributed by atoms with van der Waals surface area (Å²) < 4.78 is 0. The zero-order valence-corrected chi connectivity index (χ0v) is 13.1. The number of nitrogens with one attached hydrogen (secondary N) is 2. The standard InChI is InChI=1S/C17H19N3OS/c21-17(15-7-4-10-18-15)20-14-8-9-16(19-11-14)22-12-13-5-2-1-3-6-13/h1-3,5-6,8-9,11,15,18H,4,7,10,12H2,(H,20,21). The van der Waals surface area contributed by atoms with Gasteiger partial charge in [0.25, 0.3) is 0 Å². The van der Waals surface area contributed by atoms with Gasteiger partial charge in [0.2, 0.25) is 5.91 Å². The third-order valence-electron chi connectivity index (χ3n) is 3.61. The van der Waals surface area contributed by atoms with Crippen molar-refractivity contribution >= 4 is 23.4 Å². The van der Waals surface area contributed by atoms with Gasteiger partial charge in [0.1, 0.15) is 0 Å². The van der Waals surface area contributed by atoms with Crippen molar-refractivity contribution in [1.29, 1.82) is 0 Å². The molecule has 5 heteroatoms. The number of nitrogens with zero attached hydrogens (tertiary/aromatic N) is 1. The van der Waals surface area contributed by atoms with Crippen LogP contribution in [0.25, 0.3) is 0 Å². The van der Waals surface area contributed by atoms with Gasteiger partial charge in [0.05, 0.1) is 23.0 Å². The second-order valence-corrected chi connectivity index (χ2v) is 6.29. The normalized spacial score (nSPS) is 17.4. The van der Waals surface area contributed by atoms with E-state index in [1.54, 1.807) is 18.0 Å². The number of thioether (sulfide) groups is 1. The smallest absolute Gasteiger partial charge is 0.241 e. The van der Waals surface area contributed by atoms with Crippen LogP contribution >= 0.6 is 11.8 Å². The third kappa shape index (κ3) is 4.08. The predicted molar refractivity (Wildman–Crippen MR) is 89.9 cm³/mol. The van der Waals surface area contributed by atoms with Crippen molar-refractivity contribution in [2.45, 2.75) is 29.7 Å². The molecule has 114 valence electrons. The largest absolute Gasteiger partial charge is 0.323 e. The Balaban J connectivity index is 1.52. The van der Waals surface area contributed by atoms with Gasteiger partial charge < -0.3 is 10.6 Å². The van der Waals surface area contributed by atoms with Crippen molar-refractivity contribution in [3.8, 4) is 0 Å². The van der Waals surface area contributed by atoms with E-state index in [0.717, 1.165) is 35.9 Å². The molecule has 1 unspecified atom stereocenters. The molecule has 22 heavy (non-hydrogen) atoms. The van der Waals surface area contributed by atoms with Crippen molar-refractivity contribution in [2.24, 2.45) is 0 Å². The average Bonchev–Trinajstić information content (AvgIpc) is 3.10. The number of hydrogen-bond donors (Lipinski definition) is 2. The summed E-state index contributed by atoms with van der Waals surface area (Å²) in [5.74, 6) is 0.926. The van der Waals surface area contributed by atoms with Crippen molar-refractivity contribution < 1.29 is 4.79 Å². The highest BCUT2D eigenvalue weighted by Crippen LogP contribution is 2.21. The number of carbonyl (C=O) groups excluding carboxylic acids is 1. The number of anilines is 1. The fourth-order valence-corrected chi connectivity index (χ4v) is 3.21. The number of aromatic nitrogens is 1. The maximum Gasteiger partial charge on any atom is 0.241 e. The highest BCUT2D eigenvalue weighted by atomic mass is 32.2. The summed E-state index contributed by atoms with van der Waals surface area (Å²) >= 11 is 1.69. The van der Waals surface area contributed by atoms with E-state index in [1.165, 1.54) is 5.56 Å². The van der Waals surface area contributed by atoms with Gasteiger partial charge in [-0.25, -0.2) is 4.98 Å². The van der Waals surface area contributed by atoms with Crippen LogP contribution < -0.4 is 10.6 Å². The van der Waals surface area contributed by atoms with E-state index in [1.807, 2.05) is 30.3 Å². The Hall–Kier alpha value is -1.85. The first kappa shape index (κ1) is 15.1. The van der Waals surface area contributed by atoms with Gasteiger partial charge in [0, 0.05) is 5.75 Å². The molecule has 0 saturated carbocycles. The molecule has 1 fully saturated rings. The lowest BCUT2D eigenvalue weighted by molar-refractivity contribution is -0.117. The monoisotopic (exact) mass is 313 g/mol. The van der Waals surface area contributed by atoms with E-state index in [-0.39, 0.29) is 11.9 Å². The molecule has 1 aliphatic heterocycles. The maximum absolute atomic E-state index is 12.0. The molecule has 0 spiro atoms. The molecule has 1 atom stereocenters. The molecule has 0 bridgehead atoms. The van der Waals surface area contributed by atoms with Crippen LogP contribution in [0.3, 0.4) is 0 Å². The molecule has 0 radical (unpaired) electrons. The quantitative estimate of drug-likeness (QED) is 0.833. The van der Waals surface area contributed by atoms with E-state index >= 15 is 0 Å². The molecule has 1 aliphatic rings. The molecular weight excluding hydrogens is 294 g/mol. The summed E-state index contributed by atoms with van der Waals surface area (Å²) in [6.07, 6.45) is 3.69. The van der Waals surface area contributed by atoms with Crippen molar-refractivity contribution in [1.82, 2.24) is 10.3 Å². The molecule has 3 rings (SSSR count). The van der Waals surface area contributed by atoms with Crippen LogP contribution in [0.1, 0.15) is 18.4 Å². The second kappa shape index (κ2) is 7.42. The van der Waals surface area contributed by atoms with Crippen LogP contribution in [0.4, 0.5) is 5.69 Å². The summed E-state index contributed by atoms with van der Waals surface area (Å²) in [6, 6.07) is 14.1. The van der Waals surface area contributed by atoms with Gasteiger partial charge in [0.15, 0.2) is 0 Å². The minimum atomic E-state index is -0.0628. The van der Waals surface area contributed by atoms with Crippen LogP contribution in [-0.2, 0) is 10.5 Å². The molecular formula is C17H19N3OS. The predicted octanol–water partition coefficient (Wildman–Crippen LogP) is 3.06. The van der Waals surface area contributed by atoms with Crippen molar-refractivity contribution in [2.75, 3.05) is 11.9 Å². The molecule has 1 aromatic heterocycles. The van der Waals surface area contributed by atoms with Crippen LogP contribution in [0, 0.1) is 0 Å². The Kier molecular flexibility index (Phi) is 5.08. The molecule has 4 nitrogen and oxygen atoms in total. The minimum Gasteiger partial charge on any atom is -0.323 e. The number of amides is 1. The molecule has 2 heterocycles. The molecule has 0 aliphatic carbocycles. The van der Waals surface area contributed by atoms with Crippen LogP contribution in [0.15, 0.2) is 53.7 Å². The second-order valence-electron chi connectivity index (χ2n) is 5.30. The number of pyridine rings is 1. The summed E-state index contributed by atoms with van der Waals surface area (Å²) in [5, 5.41) is 7.06. The number of hydrogen-bond acceptors (Lipinski definition) is 4. The van der Waals surface area contributed by atoms with Crippen LogP contribution in [-0.4, -0.2) is 23.5 Å². The lowest BCUT2D eigenvalue weighted by Gasteiger charge is -2.11. The number of carbonyl (C=O) groups is 1. The van der Waals surface area contributed by atoms with E-state index in [4.69, 9.17) is 0 Å². The van der Waals surface area contributed by atoms with E-state index in [9.17, 15) is 4.79 Å². The van der Waals surface area contributed by atoms with Crippen LogP contribution in [0.5, 0.6) is 0 Å². The van der Waals surface area contributed by atoms with E-state index in [0.29, 0.717) is 0 Å². The van der Waals surface area contributed by atoms with Gasteiger partial charge in [-0.3, -0.25) is 4.79 Å². The minimum absolute atomic E-state index is 0.0315. The SMILES string of the molecule is O=C(Nc1ccc(SCc2ccccc2)nc1)C1CCCN1. The molecule has 1 amide bonds. The van der Waals surface area contributed by atoms with E-state index in [2.05, 4.69) is 27.8 Å². The van der Waals surface area contributed by atoms with Gasteiger partial charge in [-0.05, 0) is 37.1 Å². The average molecular weight is 313 g/mol. The Labute approximate surface area is 134 Å². The first-order chi connectivity index (χ1) is 10.8. The molecule has 1 aromatic carbocycles. The molecule has 2 N–H and O–H groups in total. The zero-order valence-electron chi connectivity index (χ0n) is 12.3. The maximum atomic E-state index is 12.0. The van der Waals surface area contributed by atoms with Crippen LogP contribution in [0.2, 0.25) is 0 Å². The van der Waals surface area contributed by atoms with Crippen molar-refractivity contribution in [3.05, 3.63) is 54.2 Å². The molecule has 1 saturated heterocycles. The first-order valence-corrected chi connectivity index (χ1v) is 8.47. The zero-order chi connectivity index (χ0) is 15.2. The van der Waals surface area contributed by atoms with Gasteiger partial charge in [-0.1, -0.05) is 30.3 Å². The third-order valence-corrected chi connectivity index (χ3v) is 4.63. The van der Waals surface area contributed by atoms with Crippen molar-refractivity contribution in [3.63, 3.8) is 0 Å². The molecule has 2 aromatic rings. The Morgan fingerprint density at radius 3 is 2.82 bits per heavy atom. The van der Waals surface area contributed by atoms with Gasteiger partial charge in [-0.2, -0.15) is 0 Å². The van der Waals surface area contributed by atoms with Gasteiger partial charge >= 0.3 is 0 Å². The summed E-state index contributed by atoms with van der Waals surface area (Å²) in [5.41, 5.74) is 2.03. The highest BCUT2D eigenvalue weighted by molar-refractivity contribution is 7.98. The number of benzene rings is 1. The topological polar surface area (TPSA) is 54.0 Å². The lowest BCUT2D eigenvalue weighted by atomic mass is 10.2. The highest BCUT2D eigenvalue weighted by Gasteiger charge is 2.21. The number of rotatable bonds is 5. The Morgan fingerprint density at radius 2 is 2.14 bits per heavy atom. The summed E-state index contributed by atoms with van der Waals surface area (Å²) in [4.78, 5) is 16.4. The fourth-order valence-electron chi connectivity index (χ4n) is 2.41. The Bertz CT molecular complexity index is 610. The fraction of sp³-hybridized carbons (Fsp3) is 0.294. The van der Waals surface area contributed by atoms with E-state index < -0.39 is 0 Å². The summed E-state index contributed by atoms with van der Waals surface area (Å²) in [6.45, 7) is 0.922. The van der Waals surface area contributed by atoms with Gasteiger partial charge in [-0.15, -0.1) is 11.8 Å². The lowest BCUT2D eigenvalue weighted by Crippen LogP contribution is -2.35. The summed E-state index contributed by atoms with van der Waals surface area (Å²) in [7, 11) is 0.